The van der Waals surface area contributed by atoms with E-state index in [1.807, 2.05) is 37.4 Å². The highest BCUT2D eigenvalue weighted by Gasteiger charge is 2.09. The van der Waals surface area contributed by atoms with Crippen LogP contribution in [0.1, 0.15) is 16.8 Å². The number of benzene rings is 1. The summed E-state index contributed by atoms with van der Waals surface area (Å²) < 4.78 is 0. The Hall–Kier alpha value is -1.13. The Morgan fingerprint density at radius 2 is 1.90 bits per heavy atom. The van der Waals surface area contributed by atoms with E-state index >= 15 is 0 Å². The number of halogens is 2. The molecule has 0 aliphatic rings. The van der Waals surface area contributed by atoms with Gasteiger partial charge in [-0.1, -0.05) is 35.3 Å². The Bertz CT molecular complexity index is 587. The number of aryl methyl sites for hydroxylation is 1. The van der Waals surface area contributed by atoms with E-state index in [9.17, 15) is 5.11 Å². The van der Waals surface area contributed by atoms with Crippen LogP contribution >= 0.6 is 23.2 Å². The fourth-order valence-corrected chi connectivity index (χ4v) is 2.39. The number of nitrogens with zero attached hydrogens (tertiary/aromatic N) is 2. The molecule has 0 atom stereocenters. The Morgan fingerprint density at radius 3 is 2.52 bits per heavy atom. The summed E-state index contributed by atoms with van der Waals surface area (Å²) in [5.41, 5.74) is 3.18. The van der Waals surface area contributed by atoms with Crippen LogP contribution in [0.5, 0.6) is 0 Å². The number of aliphatic hydroxyl groups is 1. The lowest BCUT2D eigenvalue weighted by Gasteiger charge is -2.21. The number of rotatable bonds is 6. The quantitative estimate of drug-likeness (QED) is 0.880. The van der Waals surface area contributed by atoms with E-state index in [2.05, 4.69) is 9.88 Å². The molecule has 0 fully saturated rings. The van der Waals surface area contributed by atoms with Gasteiger partial charge in [-0.25, -0.2) is 0 Å². The van der Waals surface area contributed by atoms with Gasteiger partial charge in [-0.15, -0.1) is 0 Å². The fraction of sp³-hybridized carbons (Fsp3) is 0.312. The van der Waals surface area contributed by atoms with E-state index < -0.39 is 0 Å². The summed E-state index contributed by atoms with van der Waals surface area (Å²) in [6.07, 6.45) is 1.85. The van der Waals surface area contributed by atoms with Crippen LogP contribution in [0.2, 0.25) is 10.0 Å². The number of aliphatic hydroxyl groups excluding tert-OH is 1. The molecular weight excluding hydrogens is 307 g/mol. The second kappa shape index (κ2) is 7.76. The van der Waals surface area contributed by atoms with Gasteiger partial charge in [0.2, 0.25) is 0 Å². The molecule has 0 unspecified atom stereocenters. The van der Waals surface area contributed by atoms with E-state index in [0.29, 0.717) is 29.7 Å². The minimum atomic E-state index is 0.104. The summed E-state index contributed by atoms with van der Waals surface area (Å²) in [5, 5.41) is 10.3. The number of hydrogen-bond acceptors (Lipinski definition) is 3. The normalized spacial score (nSPS) is 11.1. The number of aromatic nitrogens is 1. The summed E-state index contributed by atoms with van der Waals surface area (Å²) in [6.45, 7) is 4.06. The van der Waals surface area contributed by atoms with E-state index in [1.165, 1.54) is 0 Å². The Kier molecular flexibility index (Phi) is 6.00. The van der Waals surface area contributed by atoms with Crippen LogP contribution in [0.4, 0.5) is 0 Å². The maximum atomic E-state index is 9.23. The molecule has 0 radical (unpaired) electrons. The summed E-state index contributed by atoms with van der Waals surface area (Å²) in [7, 11) is 0. The van der Waals surface area contributed by atoms with Gasteiger partial charge in [0, 0.05) is 25.8 Å². The molecule has 0 saturated heterocycles. The zero-order valence-electron chi connectivity index (χ0n) is 11.9. The van der Waals surface area contributed by atoms with E-state index in [-0.39, 0.29) is 6.61 Å². The van der Waals surface area contributed by atoms with Crippen molar-refractivity contribution in [2.24, 2.45) is 0 Å². The minimum Gasteiger partial charge on any atom is -0.395 e. The van der Waals surface area contributed by atoms with Crippen molar-refractivity contribution < 1.29 is 5.11 Å². The molecule has 0 saturated carbocycles. The molecule has 0 aliphatic carbocycles. The topological polar surface area (TPSA) is 36.4 Å². The smallest absolute Gasteiger partial charge is 0.0595 e. The first-order valence-electron chi connectivity index (χ1n) is 6.77. The Morgan fingerprint density at radius 1 is 1.10 bits per heavy atom. The Labute approximate surface area is 135 Å². The molecule has 21 heavy (non-hydrogen) atoms. The second-order valence-corrected chi connectivity index (χ2v) is 5.82. The van der Waals surface area contributed by atoms with Gasteiger partial charge in [0.05, 0.1) is 22.3 Å². The maximum absolute atomic E-state index is 9.23. The van der Waals surface area contributed by atoms with Gasteiger partial charge < -0.3 is 5.11 Å². The number of pyridine rings is 1. The molecule has 2 rings (SSSR count). The van der Waals surface area contributed by atoms with Crippen molar-refractivity contribution in [2.75, 3.05) is 13.2 Å². The standard InChI is InChI=1S/C16H18Cl2N2O/c1-12-2-4-14(19-9-12)11-20(6-7-21)10-13-3-5-15(17)16(18)8-13/h2-5,8-9,21H,6-7,10-11H2,1H3. The lowest BCUT2D eigenvalue weighted by Crippen LogP contribution is -2.26. The summed E-state index contributed by atoms with van der Waals surface area (Å²) in [5.74, 6) is 0. The van der Waals surface area contributed by atoms with Crippen molar-refractivity contribution in [3.63, 3.8) is 0 Å². The van der Waals surface area contributed by atoms with Crippen molar-refractivity contribution in [1.82, 2.24) is 9.88 Å². The van der Waals surface area contributed by atoms with Crippen LogP contribution < -0.4 is 0 Å². The van der Waals surface area contributed by atoms with Gasteiger partial charge in [-0.3, -0.25) is 9.88 Å². The van der Waals surface area contributed by atoms with Crippen LogP contribution in [0.15, 0.2) is 36.5 Å². The largest absolute Gasteiger partial charge is 0.395 e. The third kappa shape index (κ3) is 4.97. The van der Waals surface area contributed by atoms with Gasteiger partial charge in [-0.05, 0) is 36.2 Å². The maximum Gasteiger partial charge on any atom is 0.0595 e. The molecule has 0 spiro atoms. The zero-order valence-corrected chi connectivity index (χ0v) is 13.4. The van der Waals surface area contributed by atoms with Crippen molar-refractivity contribution >= 4 is 23.2 Å². The summed E-state index contributed by atoms with van der Waals surface area (Å²) >= 11 is 12.0. The predicted octanol–water partition coefficient (Wildman–Crippen LogP) is 3.69. The molecule has 0 amide bonds. The van der Waals surface area contributed by atoms with E-state index in [1.54, 1.807) is 6.07 Å². The first kappa shape index (κ1) is 16.2. The first-order valence-corrected chi connectivity index (χ1v) is 7.53. The average Bonchev–Trinajstić information content (AvgIpc) is 2.46. The van der Waals surface area contributed by atoms with Gasteiger partial charge in [0.15, 0.2) is 0 Å². The van der Waals surface area contributed by atoms with Gasteiger partial charge in [-0.2, -0.15) is 0 Å². The Balaban J connectivity index is 2.07. The molecule has 2 aromatic rings. The lowest BCUT2D eigenvalue weighted by atomic mass is 10.2. The van der Waals surface area contributed by atoms with E-state index in [0.717, 1.165) is 16.8 Å². The average molecular weight is 325 g/mol. The third-order valence-electron chi connectivity index (χ3n) is 3.16. The van der Waals surface area contributed by atoms with Gasteiger partial charge in [0.1, 0.15) is 0 Å². The molecule has 3 nitrogen and oxygen atoms in total. The fourth-order valence-electron chi connectivity index (χ4n) is 2.07. The van der Waals surface area contributed by atoms with E-state index in [4.69, 9.17) is 23.2 Å². The minimum absolute atomic E-state index is 0.104. The third-order valence-corrected chi connectivity index (χ3v) is 3.90. The highest BCUT2D eigenvalue weighted by molar-refractivity contribution is 6.42. The molecule has 112 valence electrons. The molecule has 1 aromatic carbocycles. The first-order chi connectivity index (χ1) is 10.1. The van der Waals surface area contributed by atoms with Crippen LogP contribution in [0.25, 0.3) is 0 Å². The molecule has 1 aromatic heterocycles. The molecule has 1 heterocycles. The highest BCUT2D eigenvalue weighted by Crippen LogP contribution is 2.23. The van der Waals surface area contributed by atoms with Crippen LogP contribution in [-0.4, -0.2) is 28.1 Å². The molecular formula is C16H18Cl2N2O. The van der Waals surface area contributed by atoms with Crippen LogP contribution in [-0.2, 0) is 13.1 Å². The SMILES string of the molecule is Cc1ccc(CN(CCO)Cc2ccc(Cl)c(Cl)c2)nc1. The monoisotopic (exact) mass is 324 g/mol. The molecule has 0 bridgehead atoms. The second-order valence-electron chi connectivity index (χ2n) is 5.01. The van der Waals surface area contributed by atoms with Gasteiger partial charge >= 0.3 is 0 Å². The summed E-state index contributed by atoms with van der Waals surface area (Å²) in [4.78, 5) is 6.53. The molecule has 0 aliphatic heterocycles. The summed E-state index contributed by atoms with van der Waals surface area (Å²) in [6, 6.07) is 9.64. The van der Waals surface area contributed by atoms with Crippen molar-refractivity contribution in [1.29, 1.82) is 0 Å². The van der Waals surface area contributed by atoms with Crippen molar-refractivity contribution in [3.8, 4) is 0 Å². The lowest BCUT2D eigenvalue weighted by molar-refractivity contribution is 0.183. The van der Waals surface area contributed by atoms with Crippen molar-refractivity contribution in [3.05, 3.63) is 63.4 Å². The molecule has 5 heteroatoms. The predicted molar refractivity (Wildman–Crippen MR) is 86.6 cm³/mol. The zero-order chi connectivity index (χ0) is 15.2. The van der Waals surface area contributed by atoms with Crippen molar-refractivity contribution in [2.45, 2.75) is 20.0 Å². The van der Waals surface area contributed by atoms with Crippen LogP contribution in [0, 0.1) is 6.92 Å². The highest BCUT2D eigenvalue weighted by atomic mass is 35.5. The van der Waals surface area contributed by atoms with Gasteiger partial charge in [0.25, 0.3) is 0 Å². The van der Waals surface area contributed by atoms with Crippen LogP contribution in [0.3, 0.4) is 0 Å². The molecule has 1 N–H and O–H groups in total. The number of hydrogen-bond donors (Lipinski definition) is 1.